The van der Waals surface area contributed by atoms with E-state index in [-0.39, 0.29) is 17.2 Å². The summed E-state index contributed by atoms with van der Waals surface area (Å²) in [5.41, 5.74) is 2.58. The zero-order valence-corrected chi connectivity index (χ0v) is 23.4. The fraction of sp³-hybridized carbons (Fsp3) is 0.133. The second kappa shape index (κ2) is 11.3. The number of nitrogens with zero attached hydrogens (tertiary/aromatic N) is 2. The topological polar surface area (TPSA) is 99.0 Å². The van der Waals surface area contributed by atoms with Gasteiger partial charge in [-0.2, -0.15) is 0 Å². The number of anilines is 1. The van der Waals surface area contributed by atoms with E-state index in [1.807, 2.05) is 18.2 Å². The summed E-state index contributed by atoms with van der Waals surface area (Å²) in [6.45, 7) is 3.07. The number of thiazole rings is 1. The molecule has 10 heteroatoms. The zero-order chi connectivity index (χ0) is 28.4. The molecule has 1 aliphatic rings. The number of fused-ring (bicyclic) bond motifs is 1. The van der Waals surface area contributed by atoms with Crippen molar-refractivity contribution in [3.8, 4) is 11.5 Å². The molecule has 0 saturated carbocycles. The number of esters is 1. The van der Waals surface area contributed by atoms with E-state index in [9.17, 15) is 14.4 Å². The molecule has 0 spiro atoms. The van der Waals surface area contributed by atoms with E-state index in [1.54, 1.807) is 67.6 Å². The molecular weight excluding hydrogens is 550 g/mol. The van der Waals surface area contributed by atoms with Gasteiger partial charge in [-0.15, -0.1) is 0 Å². The van der Waals surface area contributed by atoms with Crippen molar-refractivity contribution in [2.24, 2.45) is 4.99 Å². The lowest BCUT2D eigenvalue weighted by Gasteiger charge is -2.25. The summed E-state index contributed by atoms with van der Waals surface area (Å²) >= 11 is 7.37. The van der Waals surface area contributed by atoms with Gasteiger partial charge in [0.05, 0.1) is 29.0 Å². The van der Waals surface area contributed by atoms with Crippen LogP contribution in [0.3, 0.4) is 0 Å². The Hall–Kier alpha value is -4.47. The molecule has 3 aromatic carbocycles. The maximum atomic E-state index is 13.9. The fourth-order valence-electron chi connectivity index (χ4n) is 4.46. The van der Waals surface area contributed by atoms with E-state index in [1.165, 1.54) is 29.9 Å². The third kappa shape index (κ3) is 5.47. The van der Waals surface area contributed by atoms with Crippen LogP contribution >= 0.6 is 22.9 Å². The molecule has 0 aliphatic carbocycles. The number of aromatic nitrogens is 1. The molecule has 8 nitrogen and oxygen atoms in total. The first-order valence-electron chi connectivity index (χ1n) is 12.3. The molecule has 1 aromatic heterocycles. The van der Waals surface area contributed by atoms with Crippen LogP contribution in [0.5, 0.6) is 11.5 Å². The number of halogens is 1. The molecule has 202 valence electrons. The molecule has 40 heavy (non-hydrogen) atoms. The molecule has 2 heterocycles. The molecule has 1 unspecified atom stereocenters. The van der Waals surface area contributed by atoms with E-state index < -0.39 is 12.0 Å². The van der Waals surface area contributed by atoms with Crippen LogP contribution in [0.2, 0.25) is 5.02 Å². The lowest BCUT2D eigenvalue weighted by Crippen LogP contribution is -2.40. The van der Waals surface area contributed by atoms with Crippen LogP contribution in [-0.4, -0.2) is 23.6 Å². The van der Waals surface area contributed by atoms with Gasteiger partial charge in [0, 0.05) is 17.6 Å². The SMILES string of the molecule is COc1cc(/C=c2\sc3n(c2=O)C(c2ccc(Cl)cc2)C(C(=O)Nc2ccccc2)=C(C)N=3)ccc1OC(C)=O. The summed E-state index contributed by atoms with van der Waals surface area (Å²) < 4.78 is 12.5. The first kappa shape index (κ1) is 27.1. The molecule has 1 aliphatic heterocycles. The molecule has 5 rings (SSSR count). The predicted octanol–water partition coefficient (Wildman–Crippen LogP) is 4.46. The molecular formula is C30H24ClN3O5S. The van der Waals surface area contributed by atoms with Gasteiger partial charge in [-0.3, -0.25) is 19.0 Å². The Morgan fingerprint density at radius 1 is 1.05 bits per heavy atom. The number of ether oxygens (including phenoxy) is 2. The highest BCUT2D eigenvalue weighted by molar-refractivity contribution is 7.07. The summed E-state index contributed by atoms with van der Waals surface area (Å²) in [6.07, 6.45) is 1.71. The van der Waals surface area contributed by atoms with Crippen LogP contribution in [0, 0.1) is 0 Å². The van der Waals surface area contributed by atoms with Crippen LogP contribution in [0.1, 0.15) is 31.0 Å². The van der Waals surface area contributed by atoms with Gasteiger partial charge in [-0.1, -0.05) is 59.3 Å². The Balaban J connectivity index is 1.63. The Bertz CT molecular complexity index is 1830. The number of benzene rings is 3. The van der Waals surface area contributed by atoms with Gasteiger partial charge in [0.1, 0.15) is 0 Å². The third-order valence-electron chi connectivity index (χ3n) is 6.22. The first-order valence-corrected chi connectivity index (χ1v) is 13.5. The number of rotatable bonds is 6. The Labute approximate surface area is 238 Å². The molecule has 0 bridgehead atoms. The standard InChI is InChI=1S/C30H24ClN3O5S/c1-17-26(28(36)33-22-7-5-4-6-8-22)27(20-10-12-21(31)13-11-20)34-29(37)25(40-30(34)32-17)16-19-9-14-23(39-18(2)35)24(15-19)38-3/h4-16,27H,1-3H3,(H,33,36)/b25-16-. The number of para-hydroxylation sites is 1. The number of allylic oxidation sites excluding steroid dienone is 1. The van der Waals surface area contributed by atoms with Crippen molar-refractivity contribution in [3.05, 3.63) is 120 Å². The number of methoxy groups -OCH3 is 1. The maximum absolute atomic E-state index is 13.9. The third-order valence-corrected chi connectivity index (χ3v) is 7.46. The minimum absolute atomic E-state index is 0.279. The van der Waals surface area contributed by atoms with E-state index in [0.29, 0.717) is 42.6 Å². The highest BCUT2D eigenvalue weighted by atomic mass is 35.5. The van der Waals surface area contributed by atoms with Gasteiger partial charge >= 0.3 is 5.97 Å². The fourth-order valence-corrected chi connectivity index (χ4v) is 5.63. The average molecular weight is 574 g/mol. The molecule has 1 atom stereocenters. The zero-order valence-electron chi connectivity index (χ0n) is 21.8. The molecule has 0 radical (unpaired) electrons. The van der Waals surface area contributed by atoms with Crippen molar-refractivity contribution in [1.82, 2.24) is 4.57 Å². The van der Waals surface area contributed by atoms with Crippen molar-refractivity contribution in [3.63, 3.8) is 0 Å². The summed E-state index contributed by atoms with van der Waals surface area (Å²) in [5.74, 6) is -0.191. The predicted molar refractivity (Wildman–Crippen MR) is 155 cm³/mol. The second-order valence-electron chi connectivity index (χ2n) is 8.96. The number of carbonyl (C=O) groups is 2. The molecule has 4 aromatic rings. The monoisotopic (exact) mass is 573 g/mol. The number of carbonyl (C=O) groups excluding carboxylic acids is 2. The Morgan fingerprint density at radius 3 is 2.45 bits per heavy atom. The normalized spacial score (nSPS) is 14.8. The van der Waals surface area contributed by atoms with Crippen molar-refractivity contribution in [2.75, 3.05) is 12.4 Å². The lowest BCUT2D eigenvalue weighted by molar-refractivity contribution is -0.132. The largest absolute Gasteiger partial charge is 0.493 e. The van der Waals surface area contributed by atoms with Crippen molar-refractivity contribution >= 4 is 46.6 Å². The van der Waals surface area contributed by atoms with Gasteiger partial charge in [0.25, 0.3) is 11.5 Å². The van der Waals surface area contributed by atoms with Crippen LogP contribution in [0.15, 0.2) is 93.9 Å². The first-order chi connectivity index (χ1) is 19.2. The highest BCUT2D eigenvalue weighted by Gasteiger charge is 2.32. The summed E-state index contributed by atoms with van der Waals surface area (Å²) in [6, 6.07) is 20.5. The maximum Gasteiger partial charge on any atom is 0.308 e. The summed E-state index contributed by atoms with van der Waals surface area (Å²) in [7, 11) is 1.47. The Morgan fingerprint density at radius 2 is 1.77 bits per heavy atom. The average Bonchev–Trinajstić information content (AvgIpc) is 3.23. The molecule has 0 fully saturated rings. The van der Waals surface area contributed by atoms with Gasteiger partial charge in [0.15, 0.2) is 16.3 Å². The van der Waals surface area contributed by atoms with Gasteiger partial charge in [-0.25, -0.2) is 4.99 Å². The lowest BCUT2D eigenvalue weighted by atomic mass is 9.95. The molecule has 1 N–H and O–H groups in total. The highest BCUT2D eigenvalue weighted by Crippen LogP contribution is 2.32. The van der Waals surface area contributed by atoms with E-state index in [4.69, 9.17) is 21.1 Å². The van der Waals surface area contributed by atoms with Crippen LogP contribution in [0.25, 0.3) is 6.08 Å². The number of hydrogen-bond acceptors (Lipinski definition) is 7. The smallest absolute Gasteiger partial charge is 0.308 e. The van der Waals surface area contributed by atoms with Crippen LogP contribution in [0.4, 0.5) is 5.69 Å². The van der Waals surface area contributed by atoms with Gasteiger partial charge < -0.3 is 14.8 Å². The summed E-state index contributed by atoms with van der Waals surface area (Å²) in [4.78, 5) is 44.0. The van der Waals surface area contributed by atoms with Crippen LogP contribution in [-0.2, 0) is 9.59 Å². The minimum Gasteiger partial charge on any atom is -0.493 e. The number of amides is 1. The second-order valence-corrected chi connectivity index (χ2v) is 10.4. The molecule has 0 saturated heterocycles. The number of hydrogen-bond donors (Lipinski definition) is 1. The number of nitrogens with one attached hydrogen (secondary N) is 1. The minimum atomic E-state index is -0.722. The quantitative estimate of drug-likeness (QED) is 0.271. The van der Waals surface area contributed by atoms with Crippen molar-refractivity contribution in [1.29, 1.82) is 0 Å². The van der Waals surface area contributed by atoms with Gasteiger partial charge in [-0.05, 0) is 60.5 Å². The van der Waals surface area contributed by atoms with E-state index in [2.05, 4.69) is 10.3 Å². The summed E-state index contributed by atoms with van der Waals surface area (Å²) in [5, 5.41) is 3.47. The van der Waals surface area contributed by atoms with Crippen LogP contribution < -0.4 is 29.7 Å². The Kier molecular flexibility index (Phi) is 7.68. The van der Waals surface area contributed by atoms with E-state index >= 15 is 0 Å². The van der Waals surface area contributed by atoms with Crippen molar-refractivity contribution in [2.45, 2.75) is 19.9 Å². The van der Waals surface area contributed by atoms with Gasteiger partial charge in [0.2, 0.25) is 0 Å². The van der Waals surface area contributed by atoms with Crippen molar-refractivity contribution < 1.29 is 19.1 Å². The molecule has 1 amide bonds. The van der Waals surface area contributed by atoms with E-state index in [0.717, 1.165) is 5.56 Å².